The maximum atomic E-state index is 12.2. The summed E-state index contributed by atoms with van der Waals surface area (Å²) in [6.45, 7) is 4.25. The van der Waals surface area contributed by atoms with Crippen LogP contribution in [0.3, 0.4) is 0 Å². The second kappa shape index (κ2) is 9.68. The minimum Gasteiger partial charge on any atom is -0.489 e. The summed E-state index contributed by atoms with van der Waals surface area (Å²) >= 11 is 0. The molecule has 6 heteroatoms. The number of carbonyl (C=O) groups excluding carboxylic acids is 1. The van der Waals surface area contributed by atoms with Crippen LogP contribution in [0, 0.1) is 36.5 Å². The summed E-state index contributed by atoms with van der Waals surface area (Å²) < 4.78 is 7.92. The maximum absolute atomic E-state index is 12.2. The summed E-state index contributed by atoms with van der Waals surface area (Å²) in [7, 11) is 3.25. The molecule has 0 N–H and O–H groups in total. The first-order valence-corrected chi connectivity index (χ1v) is 10.1. The van der Waals surface area contributed by atoms with Gasteiger partial charge in [-0.05, 0) is 61.9 Å². The molecule has 0 saturated heterocycles. The highest BCUT2D eigenvalue weighted by atomic mass is 16.5. The third-order valence-electron chi connectivity index (χ3n) is 5.15. The van der Waals surface area contributed by atoms with Crippen LogP contribution in [0.4, 0.5) is 0 Å². The molecule has 0 aliphatic rings. The highest BCUT2D eigenvalue weighted by Crippen LogP contribution is 2.25. The van der Waals surface area contributed by atoms with Crippen molar-refractivity contribution in [1.82, 2.24) is 9.47 Å². The lowest BCUT2D eigenvalue weighted by Gasteiger charge is -2.12. The Morgan fingerprint density at radius 1 is 1.09 bits per heavy atom. The Labute approximate surface area is 188 Å². The van der Waals surface area contributed by atoms with Crippen LogP contribution in [0.1, 0.15) is 28.1 Å². The topological polar surface area (TPSA) is 82.1 Å². The van der Waals surface area contributed by atoms with Crippen LogP contribution in [-0.2, 0) is 11.4 Å². The number of nitrogens with zero attached hydrogens (tertiary/aromatic N) is 4. The number of likely N-dealkylation sites (N-methyl/N-ethyl adjacent to an activating group) is 1. The van der Waals surface area contributed by atoms with E-state index in [0.29, 0.717) is 17.9 Å². The molecule has 0 bridgehead atoms. The highest BCUT2D eigenvalue weighted by Gasteiger charge is 2.15. The van der Waals surface area contributed by atoms with E-state index in [-0.39, 0.29) is 11.5 Å². The molecule has 6 nitrogen and oxygen atoms in total. The Kier molecular flexibility index (Phi) is 6.77. The van der Waals surface area contributed by atoms with Gasteiger partial charge in [0.25, 0.3) is 5.91 Å². The lowest BCUT2D eigenvalue weighted by Crippen LogP contribution is -2.22. The Bertz CT molecular complexity index is 1250. The van der Waals surface area contributed by atoms with E-state index < -0.39 is 0 Å². The van der Waals surface area contributed by atoms with Crippen LogP contribution >= 0.6 is 0 Å². The summed E-state index contributed by atoms with van der Waals surface area (Å²) in [6, 6.07) is 21.2. The Morgan fingerprint density at radius 2 is 1.78 bits per heavy atom. The predicted octanol–water partition coefficient (Wildman–Crippen LogP) is 4.54. The second-order valence-corrected chi connectivity index (χ2v) is 7.58. The summed E-state index contributed by atoms with van der Waals surface area (Å²) in [5.74, 6) is 0.379. The van der Waals surface area contributed by atoms with Crippen molar-refractivity contribution in [3.05, 3.63) is 88.2 Å². The van der Waals surface area contributed by atoms with Gasteiger partial charge in [0.2, 0.25) is 0 Å². The summed E-state index contributed by atoms with van der Waals surface area (Å²) in [4.78, 5) is 13.6. The van der Waals surface area contributed by atoms with Crippen LogP contribution in [0.15, 0.2) is 60.2 Å². The van der Waals surface area contributed by atoms with Gasteiger partial charge in [0.05, 0.1) is 11.6 Å². The van der Waals surface area contributed by atoms with Gasteiger partial charge in [0.15, 0.2) is 0 Å². The van der Waals surface area contributed by atoms with Crippen molar-refractivity contribution in [2.24, 2.45) is 0 Å². The molecule has 160 valence electrons. The first-order chi connectivity index (χ1) is 15.3. The van der Waals surface area contributed by atoms with Crippen LogP contribution < -0.4 is 4.74 Å². The number of aromatic nitrogens is 1. The molecule has 0 spiro atoms. The maximum Gasteiger partial charge on any atom is 0.264 e. The Hall–Kier alpha value is -4.29. The molecule has 2 aromatic carbocycles. The zero-order chi connectivity index (χ0) is 23.3. The molecular formula is C26H24N4O2. The molecule has 0 atom stereocenters. The molecular weight excluding hydrogens is 400 g/mol. The van der Waals surface area contributed by atoms with Crippen molar-refractivity contribution in [2.45, 2.75) is 20.5 Å². The lowest BCUT2D eigenvalue weighted by atomic mass is 10.1. The van der Waals surface area contributed by atoms with Crippen molar-refractivity contribution >= 4 is 12.0 Å². The number of hydrogen-bond acceptors (Lipinski definition) is 4. The fourth-order valence-corrected chi connectivity index (χ4v) is 3.48. The second-order valence-electron chi connectivity index (χ2n) is 7.58. The molecule has 0 aliphatic carbocycles. The van der Waals surface area contributed by atoms with Gasteiger partial charge < -0.3 is 14.2 Å². The Balaban J connectivity index is 1.83. The molecule has 1 aromatic heterocycles. The number of amides is 1. The average Bonchev–Trinajstić information content (AvgIpc) is 3.08. The van der Waals surface area contributed by atoms with Crippen LogP contribution in [-0.4, -0.2) is 29.5 Å². The van der Waals surface area contributed by atoms with Gasteiger partial charge in [0, 0.05) is 36.7 Å². The van der Waals surface area contributed by atoms with Gasteiger partial charge in [-0.1, -0.05) is 18.2 Å². The fraction of sp³-hybridized carbons (Fsp3) is 0.192. The van der Waals surface area contributed by atoms with Gasteiger partial charge in [-0.2, -0.15) is 10.5 Å². The van der Waals surface area contributed by atoms with E-state index in [9.17, 15) is 15.3 Å². The number of benzene rings is 2. The molecule has 0 radical (unpaired) electrons. The number of carbonyl (C=O) groups is 1. The molecule has 0 aliphatic heterocycles. The number of aryl methyl sites for hydroxylation is 1. The number of rotatable bonds is 6. The third kappa shape index (κ3) is 4.71. The number of hydrogen-bond donors (Lipinski definition) is 0. The quantitative estimate of drug-likeness (QED) is 0.430. The van der Waals surface area contributed by atoms with Crippen LogP contribution in [0.2, 0.25) is 0 Å². The SMILES string of the molecule is Cc1cc(/C=C(/C#N)C(=O)N(C)C)c(C)n1-c1ccc(OCc2ccccc2C#N)cc1. The van der Waals surface area contributed by atoms with E-state index >= 15 is 0 Å². The number of ether oxygens (including phenoxy) is 1. The average molecular weight is 425 g/mol. The van der Waals surface area contributed by atoms with Crippen molar-refractivity contribution in [1.29, 1.82) is 10.5 Å². The Morgan fingerprint density at radius 3 is 2.41 bits per heavy atom. The fourth-order valence-electron chi connectivity index (χ4n) is 3.48. The first kappa shape index (κ1) is 22.4. The van der Waals surface area contributed by atoms with E-state index in [2.05, 4.69) is 10.6 Å². The standard InChI is InChI=1S/C26H24N4O2/c1-18-13-22(14-23(16-28)26(31)29(3)4)19(2)30(18)24-9-11-25(12-10-24)32-17-21-8-6-5-7-20(21)15-27/h5-14H,17H2,1-4H3/b23-14-. The van der Waals surface area contributed by atoms with E-state index in [4.69, 9.17) is 4.74 Å². The summed E-state index contributed by atoms with van der Waals surface area (Å²) in [5.41, 5.74) is 5.22. The zero-order valence-electron chi connectivity index (χ0n) is 18.6. The van der Waals surface area contributed by atoms with Gasteiger partial charge in [-0.15, -0.1) is 0 Å². The molecule has 3 aromatic rings. The van der Waals surface area contributed by atoms with Gasteiger partial charge in [-0.3, -0.25) is 4.79 Å². The summed E-state index contributed by atoms with van der Waals surface area (Å²) in [6.07, 6.45) is 1.63. The molecule has 1 heterocycles. The molecule has 32 heavy (non-hydrogen) atoms. The highest BCUT2D eigenvalue weighted by molar-refractivity contribution is 6.01. The minimum absolute atomic E-state index is 0.0941. The molecule has 3 rings (SSSR count). The van der Waals surface area contributed by atoms with E-state index in [1.165, 1.54) is 4.90 Å². The van der Waals surface area contributed by atoms with Gasteiger partial charge in [0.1, 0.15) is 24.0 Å². The largest absolute Gasteiger partial charge is 0.489 e. The van der Waals surface area contributed by atoms with Gasteiger partial charge >= 0.3 is 0 Å². The third-order valence-corrected chi connectivity index (χ3v) is 5.15. The molecule has 0 fully saturated rings. The van der Waals surface area contributed by atoms with E-state index in [1.54, 1.807) is 26.2 Å². The van der Waals surface area contributed by atoms with Crippen LogP contribution in [0.25, 0.3) is 11.8 Å². The van der Waals surface area contributed by atoms with E-state index in [0.717, 1.165) is 28.2 Å². The molecule has 0 saturated carbocycles. The van der Waals surface area contributed by atoms with E-state index in [1.807, 2.05) is 68.4 Å². The van der Waals surface area contributed by atoms with Crippen molar-refractivity contribution in [3.8, 4) is 23.6 Å². The molecule has 1 amide bonds. The summed E-state index contributed by atoms with van der Waals surface area (Å²) in [5, 5.41) is 18.6. The van der Waals surface area contributed by atoms with Crippen molar-refractivity contribution in [3.63, 3.8) is 0 Å². The lowest BCUT2D eigenvalue weighted by molar-refractivity contribution is -0.124. The number of nitriles is 2. The first-order valence-electron chi connectivity index (χ1n) is 10.1. The smallest absolute Gasteiger partial charge is 0.264 e. The van der Waals surface area contributed by atoms with Crippen molar-refractivity contribution in [2.75, 3.05) is 14.1 Å². The molecule has 0 unspecified atom stereocenters. The normalized spacial score (nSPS) is 10.9. The minimum atomic E-state index is -0.322. The zero-order valence-corrected chi connectivity index (χ0v) is 18.6. The predicted molar refractivity (Wildman–Crippen MR) is 123 cm³/mol. The van der Waals surface area contributed by atoms with Crippen molar-refractivity contribution < 1.29 is 9.53 Å². The monoisotopic (exact) mass is 424 g/mol. The van der Waals surface area contributed by atoms with Crippen LogP contribution in [0.5, 0.6) is 5.75 Å². The van der Waals surface area contributed by atoms with Gasteiger partial charge in [-0.25, -0.2) is 0 Å².